The molecule has 3 atom stereocenters. The van der Waals surface area contributed by atoms with E-state index in [1.54, 1.807) is 6.92 Å². The molecule has 1 saturated heterocycles. The Morgan fingerprint density at radius 1 is 1.38 bits per heavy atom. The average molecular weight is 372 g/mol. The zero-order chi connectivity index (χ0) is 18.9. The number of H-pyrrole nitrogens is 1. The number of rotatable bonds is 4. The molecule has 1 aromatic heterocycles. The van der Waals surface area contributed by atoms with Gasteiger partial charge in [0.15, 0.2) is 0 Å². The molecular formula is C16H19F3N4O3. The van der Waals surface area contributed by atoms with Gasteiger partial charge in [0.25, 0.3) is 0 Å². The van der Waals surface area contributed by atoms with Crippen LogP contribution in [0.5, 0.6) is 0 Å². The third kappa shape index (κ3) is 4.07. The van der Waals surface area contributed by atoms with E-state index in [4.69, 9.17) is 14.9 Å². The van der Waals surface area contributed by atoms with Crippen LogP contribution in [0.1, 0.15) is 25.3 Å². The van der Waals surface area contributed by atoms with Crippen LogP contribution in [0, 0.1) is 0 Å². The molecule has 0 saturated carbocycles. The van der Waals surface area contributed by atoms with E-state index in [0.717, 1.165) is 12.5 Å². The van der Waals surface area contributed by atoms with E-state index >= 15 is 0 Å². The molecule has 1 aromatic carbocycles. The SMILES string of the molecule is C[C@H](Nc1cc(-c2n[nH]c(=O)o2)ccc1C(F)(F)F)[C@@H]1CC[C@@H](N)CO1. The standard InChI is InChI=1S/C16H19F3N4O3/c1-8(13-5-3-10(20)7-25-13)21-12-6-9(14-22-23-15(24)26-14)2-4-11(12)16(17,18)19/h2,4,6,8,10,13,21H,3,5,7,20H2,1H3,(H,23,24)/t8-,10+,13-/m0/s1. The molecule has 3 rings (SSSR count). The fourth-order valence-electron chi connectivity index (χ4n) is 2.92. The lowest BCUT2D eigenvalue weighted by molar-refractivity contribution is -0.137. The van der Waals surface area contributed by atoms with Crippen LogP contribution in [0.3, 0.4) is 0 Å². The number of aromatic amines is 1. The summed E-state index contributed by atoms with van der Waals surface area (Å²) in [4.78, 5) is 11.1. The zero-order valence-corrected chi connectivity index (χ0v) is 14.0. The van der Waals surface area contributed by atoms with E-state index in [1.165, 1.54) is 12.1 Å². The van der Waals surface area contributed by atoms with Gasteiger partial charge in [-0.15, -0.1) is 5.10 Å². The van der Waals surface area contributed by atoms with E-state index in [1.807, 2.05) is 0 Å². The fourth-order valence-corrected chi connectivity index (χ4v) is 2.92. The number of hydrogen-bond donors (Lipinski definition) is 3. The largest absolute Gasteiger partial charge is 0.434 e. The van der Waals surface area contributed by atoms with Crippen LogP contribution in [-0.2, 0) is 10.9 Å². The second-order valence-corrected chi connectivity index (χ2v) is 6.32. The molecule has 142 valence electrons. The van der Waals surface area contributed by atoms with Crippen LogP contribution in [-0.4, -0.2) is 35.0 Å². The van der Waals surface area contributed by atoms with Gasteiger partial charge in [-0.1, -0.05) is 0 Å². The molecule has 0 spiro atoms. The number of nitrogens with two attached hydrogens (primary N) is 1. The number of nitrogens with one attached hydrogen (secondary N) is 2. The summed E-state index contributed by atoms with van der Waals surface area (Å²) >= 11 is 0. The molecule has 1 aliphatic heterocycles. The smallest absolute Gasteiger partial charge is 0.388 e. The number of anilines is 1. The van der Waals surface area contributed by atoms with Gasteiger partial charge in [0.05, 0.1) is 18.3 Å². The van der Waals surface area contributed by atoms with E-state index in [2.05, 4.69) is 15.5 Å². The summed E-state index contributed by atoms with van der Waals surface area (Å²) in [6.07, 6.45) is -3.38. The van der Waals surface area contributed by atoms with Gasteiger partial charge in [0.1, 0.15) is 0 Å². The first kappa shape index (κ1) is 18.5. The first-order valence-electron chi connectivity index (χ1n) is 8.15. The summed E-state index contributed by atoms with van der Waals surface area (Å²) in [7, 11) is 0. The summed E-state index contributed by atoms with van der Waals surface area (Å²) in [6, 6.07) is 2.97. The maximum Gasteiger partial charge on any atom is 0.434 e. The van der Waals surface area contributed by atoms with Gasteiger partial charge in [-0.2, -0.15) is 13.2 Å². The Kier molecular flexibility index (Phi) is 5.05. The Bertz CT molecular complexity index is 810. The number of benzene rings is 1. The molecule has 0 aliphatic carbocycles. The van der Waals surface area contributed by atoms with Crippen molar-refractivity contribution in [1.82, 2.24) is 10.2 Å². The van der Waals surface area contributed by atoms with Crippen molar-refractivity contribution in [1.29, 1.82) is 0 Å². The van der Waals surface area contributed by atoms with Crippen molar-refractivity contribution in [2.45, 2.75) is 44.1 Å². The third-order valence-electron chi connectivity index (χ3n) is 4.30. The Labute approximate surface area is 146 Å². The van der Waals surface area contributed by atoms with Crippen LogP contribution in [0.2, 0.25) is 0 Å². The fraction of sp³-hybridized carbons (Fsp3) is 0.500. The highest BCUT2D eigenvalue weighted by molar-refractivity contribution is 5.65. The monoisotopic (exact) mass is 372 g/mol. The lowest BCUT2D eigenvalue weighted by Crippen LogP contribution is -2.42. The molecule has 26 heavy (non-hydrogen) atoms. The average Bonchev–Trinajstić information content (AvgIpc) is 3.01. The lowest BCUT2D eigenvalue weighted by atomic mass is 10.00. The minimum absolute atomic E-state index is 0.0462. The van der Waals surface area contributed by atoms with E-state index < -0.39 is 17.5 Å². The van der Waals surface area contributed by atoms with Crippen LogP contribution >= 0.6 is 0 Å². The van der Waals surface area contributed by atoms with Crippen molar-refractivity contribution in [2.24, 2.45) is 5.73 Å². The van der Waals surface area contributed by atoms with Gasteiger partial charge < -0.3 is 20.2 Å². The quantitative estimate of drug-likeness (QED) is 0.761. The van der Waals surface area contributed by atoms with Gasteiger partial charge in [0.2, 0.25) is 5.89 Å². The minimum atomic E-state index is -4.54. The number of hydrogen-bond acceptors (Lipinski definition) is 6. The molecule has 0 unspecified atom stereocenters. The Morgan fingerprint density at radius 2 is 2.15 bits per heavy atom. The van der Waals surface area contributed by atoms with E-state index in [9.17, 15) is 18.0 Å². The predicted molar refractivity (Wildman–Crippen MR) is 87.6 cm³/mol. The van der Waals surface area contributed by atoms with Crippen LogP contribution in [0.25, 0.3) is 11.5 Å². The van der Waals surface area contributed by atoms with Crippen molar-refractivity contribution in [3.63, 3.8) is 0 Å². The highest BCUT2D eigenvalue weighted by Crippen LogP contribution is 2.37. The van der Waals surface area contributed by atoms with Gasteiger partial charge in [-0.3, -0.25) is 0 Å². The Morgan fingerprint density at radius 3 is 2.73 bits per heavy atom. The second-order valence-electron chi connectivity index (χ2n) is 6.32. The first-order valence-corrected chi connectivity index (χ1v) is 8.15. The summed E-state index contributed by atoms with van der Waals surface area (Å²) in [6.45, 7) is 2.13. The summed E-state index contributed by atoms with van der Waals surface area (Å²) < 4.78 is 50.5. The Hall–Kier alpha value is -2.33. The van der Waals surface area contributed by atoms with Crippen LogP contribution in [0.15, 0.2) is 27.4 Å². The van der Waals surface area contributed by atoms with Crippen LogP contribution < -0.4 is 16.8 Å². The summed E-state index contributed by atoms with van der Waals surface area (Å²) in [5, 5.41) is 8.60. The molecule has 10 heteroatoms. The third-order valence-corrected chi connectivity index (χ3v) is 4.30. The Balaban J connectivity index is 1.88. The molecule has 0 bridgehead atoms. The first-order chi connectivity index (χ1) is 12.2. The molecule has 1 aliphatic rings. The molecule has 2 heterocycles. The molecule has 1 fully saturated rings. The van der Waals surface area contributed by atoms with Crippen molar-refractivity contribution >= 4 is 5.69 Å². The number of ether oxygens (including phenoxy) is 1. The number of nitrogens with zero attached hydrogens (tertiary/aromatic N) is 1. The van der Waals surface area contributed by atoms with Crippen molar-refractivity contribution < 1.29 is 22.3 Å². The van der Waals surface area contributed by atoms with Gasteiger partial charge >= 0.3 is 11.9 Å². The summed E-state index contributed by atoms with van der Waals surface area (Å²) in [5.41, 5.74) is 5.07. The summed E-state index contributed by atoms with van der Waals surface area (Å²) in [5.74, 6) is -0.867. The molecule has 7 nitrogen and oxygen atoms in total. The van der Waals surface area contributed by atoms with E-state index in [0.29, 0.717) is 13.0 Å². The lowest BCUT2D eigenvalue weighted by Gasteiger charge is -2.32. The van der Waals surface area contributed by atoms with Crippen molar-refractivity contribution in [2.75, 3.05) is 11.9 Å². The van der Waals surface area contributed by atoms with Crippen LogP contribution in [0.4, 0.5) is 18.9 Å². The normalized spacial score (nSPS) is 22.2. The topological polar surface area (TPSA) is 106 Å². The van der Waals surface area contributed by atoms with Crippen molar-refractivity contribution in [3.8, 4) is 11.5 Å². The molecular weight excluding hydrogens is 353 g/mol. The molecule has 4 N–H and O–H groups in total. The molecule has 0 radical (unpaired) electrons. The van der Waals surface area contributed by atoms with Crippen molar-refractivity contribution in [3.05, 3.63) is 34.3 Å². The maximum absolute atomic E-state index is 13.3. The maximum atomic E-state index is 13.3. The second kappa shape index (κ2) is 7.12. The number of aromatic nitrogens is 2. The van der Waals surface area contributed by atoms with Gasteiger partial charge in [-0.25, -0.2) is 9.89 Å². The van der Waals surface area contributed by atoms with Gasteiger partial charge in [0, 0.05) is 23.3 Å². The number of halogens is 3. The zero-order valence-electron chi connectivity index (χ0n) is 14.0. The van der Waals surface area contributed by atoms with E-state index in [-0.39, 0.29) is 35.3 Å². The highest BCUT2D eigenvalue weighted by atomic mass is 19.4. The van der Waals surface area contributed by atoms with Gasteiger partial charge in [-0.05, 0) is 38.0 Å². The molecule has 0 amide bonds. The molecule has 2 aromatic rings. The minimum Gasteiger partial charge on any atom is -0.388 e. The number of alkyl halides is 3. The predicted octanol–water partition coefficient (Wildman–Crippen LogP) is 2.36. The highest BCUT2D eigenvalue weighted by Gasteiger charge is 2.35.